The molecule has 0 aliphatic carbocycles. The van der Waals surface area contributed by atoms with Crippen LogP contribution in [0.5, 0.6) is 0 Å². The molecule has 1 amide bonds. The smallest absolute Gasteiger partial charge is 0.235 e. The molecule has 0 aromatic carbocycles. The number of nitrogens with one attached hydrogen (secondary N) is 1. The molecule has 1 unspecified atom stereocenters. The molecule has 70 valence electrons. The Labute approximate surface area is 77.5 Å². The van der Waals surface area contributed by atoms with Gasteiger partial charge >= 0.3 is 0 Å². The van der Waals surface area contributed by atoms with Gasteiger partial charge in [0.25, 0.3) is 0 Å². The summed E-state index contributed by atoms with van der Waals surface area (Å²) in [5.41, 5.74) is 0. The zero-order valence-electron chi connectivity index (χ0n) is 7.56. The van der Waals surface area contributed by atoms with Crippen molar-refractivity contribution in [2.24, 2.45) is 5.92 Å². The highest BCUT2D eigenvalue weighted by Crippen LogP contribution is 2.02. The van der Waals surface area contributed by atoms with Crippen LogP contribution in [0.3, 0.4) is 0 Å². The Morgan fingerprint density at radius 3 is 2.17 bits per heavy atom. The first-order valence-corrected chi connectivity index (χ1v) is 4.38. The van der Waals surface area contributed by atoms with E-state index in [0.29, 0.717) is 0 Å². The number of ketones is 1. The molecule has 0 radical (unpaired) electrons. The van der Waals surface area contributed by atoms with Gasteiger partial charge in [0.1, 0.15) is 5.88 Å². The summed E-state index contributed by atoms with van der Waals surface area (Å²) in [7, 11) is 0. The fourth-order valence-corrected chi connectivity index (χ4v) is 1.03. The number of carbonyl (C=O) groups excluding carboxylic acids is 2. The van der Waals surface area contributed by atoms with Gasteiger partial charge in [0, 0.05) is 0 Å². The Kier molecular flexibility index (Phi) is 4.90. The predicted octanol–water partition coefficient (Wildman–Crippen LogP) is 0.955. The van der Waals surface area contributed by atoms with Crippen LogP contribution in [0.2, 0.25) is 0 Å². The second-order valence-electron chi connectivity index (χ2n) is 3.03. The molecule has 0 aromatic heterocycles. The molecule has 1 N–H and O–H groups in total. The molecule has 0 spiro atoms. The van der Waals surface area contributed by atoms with Crippen LogP contribution in [0, 0.1) is 5.92 Å². The summed E-state index contributed by atoms with van der Waals surface area (Å²) in [4.78, 5) is 21.8. The van der Waals surface area contributed by atoms with Crippen LogP contribution >= 0.6 is 11.6 Å². The molecule has 0 fully saturated rings. The van der Waals surface area contributed by atoms with Gasteiger partial charge in [-0.2, -0.15) is 0 Å². The maximum atomic E-state index is 11.0. The van der Waals surface area contributed by atoms with Crippen molar-refractivity contribution in [2.75, 3.05) is 5.88 Å². The maximum absolute atomic E-state index is 11.0. The summed E-state index contributed by atoms with van der Waals surface area (Å²) in [5.74, 6) is -0.333. The van der Waals surface area contributed by atoms with Gasteiger partial charge < -0.3 is 5.32 Å². The van der Waals surface area contributed by atoms with E-state index in [-0.39, 0.29) is 23.5 Å². The van der Waals surface area contributed by atoms with E-state index in [1.165, 1.54) is 6.92 Å². The van der Waals surface area contributed by atoms with Gasteiger partial charge in [-0.15, -0.1) is 11.6 Å². The number of hydrogen-bond acceptors (Lipinski definition) is 2. The summed E-state index contributed by atoms with van der Waals surface area (Å²) >= 11 is 5.28. The van der Waals surface area contributed by atoms with E-state index < -0.39 is 6.04 Å². The maximum Gasteiger partial charge on any atom is 0.235 e. The van der Waals surface area contributed by atoms with Gasteiger partial charge in [0.05, 0.1) is 6.04 Å². The van der Waals surface area contributed by atoms with Crippen LogP contribution in [0.25, 0.3) is 0 Å². The number of amides is 1. The molecule has 12 heavy (non-hydrogen) atoms. The van der Waals surface area contributed by atoms with E-state index in [2.05, 4.69) is 5.32 Å². The second kappa shape index (κ2) is 5.14. The molecular formula is C8H14ClNO2. The lowest BCUT2D eigenvalue weighted by Crippen LogP contribution is -2.43. The minimum absolute atomic E-state index is 0.0385. The van der Waals surface area contributed by atoms with E-state index in [0.717, 1.165) is 0 Å². The third-order valence-corrected chi connectivity index (χ3v) is 1.79. The third kappa shape index (κ3) is 3.72. The van der Waals surface area contributed by atoms with E-state index >= 15 is 0 Å². The summed E-state index contributed by atoms with van der Waals surface area (Å²) in [6.45, 7) is 5.21. The van der Waals surface area contributed by atoms with Crippen LogP contribution in [-0.4, -0.2) is 23.6 Å². The number of rotatable bonds is 4. The summed E-state index contributed by atoms with van der Waals surface area (Å²) in [6, 6.07) is -0.406. The normalized spacial score (nSPS) is 12.8. The van der Waals surface area contributed by atoms with Crippen molar-refractivity contribution in [3.05, 3.63) is 0 Å². The largest absolute Gasteiger partial charge is 0.345 e. The first-order chi connectivity index (χ1) is 5.49. The van der Waals surface area contributed by atoms with Crippen molar-refractivity contribution in [2.45, 2.75) is 26.8 Å². The van der Waals surface area contributed by atoms with Crippen LogP contribution in [0.4, 0.5) is 0 Å². The number of alkyl halides is 1. The van der Waals surface area contributed by atoms with Gasteiger partial charge in [-0.25, -0.2) is 0 Å². The van der Waals surface area contributed by atoms with E-state index in [1.807, 2.05) is 13.8 Å². The molecule has 0 saturated heterocycles. The molecule has 0 heterocycles. The predicted molar refractivity (Wildman–Crippen MR) is 48.2 cm³/mol. The number of halogens is 1. The van der Waals surface area contributed by atoms with Crippen LogP contribution in [-0.2, 0) is 9.59 Å². The lowest BCUT2D eigenvalue weighted by atomic mass is 10.0. The van der Waals surface area contributed by atoms with Crippen molar-refractivity contribution < 1.29 is 9.59 Å². The minimum Gasteiger partial charge on any atom is -0.345 e. The lowest BCUT2D eigenvalue weighted by molar-refractivity contribution is -0.126. The Bertz CT molecular complexity index is 180. The van der Waals surface area contributed by atoms with E-state index in [1.54, 1.807) is 0 Å². The van der Waals surface area contributed by atoms with Crippen molar-refractivity contribution >= 4 is 23.3 Å². The number of Topliss-reactive ketones (excluding diaryl/α,β-unsaturated/α-hetero) is 1. The average molecular weight is 192 g/mol. The highest BCUT2D eigenvalue weighted by atomic mass is 35.5. The lowest BCUT2D eigenvalue weighted by Gasteiger charge is -2.18. The van der Waals surface area contributed by atoms with Crippen LogP contribution in [0.15, 0.2) is 0 Å². The van der Waals surface area contributed by atoms with Gasteiger partial charge in [0.15, 0.2) is 5.78 Å². The molecule has 0 rings (SSSR count). The number of hydrogen-bond donors (Lipinski definition) is 1. The molecular weight excluding hydrogens is 178 g/mol. The Morgan fingerprint density at radius 2 is 1.92 bits per heavy atom. The molecule has 3 nitrogen and oxygen atoms in total. The molecule has 0 saturated carbocycles. The highest BCUT2D eigenvalue weighted by Gasteiger charge is 2.19. The summed E-state index contributed by atoms with van der Waals surface area (Å²) < 4.78 is 0. The zero-order chi connectivity index (χ0) is 9.72. The Morgan fingerprint density at radius 1 is 1.42 bits per heavy atom. The minimum atomic E-state index is -0.406. The van der Waals surface area contributed by atoms with Gasteiger partial charge in [0.2, 0.25) is 5.91 Å². The molecule has 4 heteroatoms. The SMILES string of the molecule is CC(=O)C(NC(=O)CCl)C(C)C. The third-order valence-electron chi connectivity index (χ3n) is 1.54. The van der Waals surface area contributed by atoms with E-state index in [4.69, 9.17) is 11.6 Å². The number of carbonyl (C=O) groups is 2. The van der Waals surface area contributed by atoms with Crippen molar-refractivity contribution in [3.63, 3.8) is 0 Å². The zero-order valence-corrected chi connectivity index (χ0v) is 8.31. The summed E-state index contributed by atoms with van der Waals surface area (Å²) in [6.07, 6.45) is 0. The second-order valence-corrected chi connectivity index (χ2v) is 3.30. The first kappa shape index (κ1) is 11.4. The Hall–Kier alpha value is -0.570. The van der Waals surface area contributed by atoms with E-state index in [9.17, 15) is 9.59 Å². The van der Waals surface area contributed by atoms with Gasteiger partial charge in [-0.05, 0) is 12.8 Å². The Balaban J connectivity index is 4.14. The van der Waals surface area contributed by atoms with Crippen molar-refractivity contribution in [3.8, 4) is 0 Å². The quantitative estimate of drug-likeness (QED) is 0.673. The highest BCUT2D eigenvalue weighted by molar-refractivity contribution is 6.27. The van der Waals surface area contributed by atoms with Crippen molar-refractivity contribution in [1.29, 1.82) is 0 Å². The molecule has 0 aliphatic rings. The first-order valence-electron chi connectivity index (χ1n) is 3.84. The van der Waals surface area contributed by atoms with Crippen LogP contribution < -0.4 is 5.32 Å². The molecule has 1 atom stereocenters. The van der Waals surface area contributed by atoms with Crippen molar-refractivity contribution in [1.82, 2.24) is 5.32 Å². The molecule has 0 bridgehead atoms. The standard InChI is InChI=1S/C8H14ClNO2/c1-5(2)8(6(3)11)10-7(12)4-9/h5,8H,4H2,1-3H3,(H,10,12). The molecule has 0 aromatic rings. The monoisotopic (exact) mass is 191 g/mol. The molecule has 0 aliphatic heterocycles. The average Bonchev–Trinajstić information content (AvgIpc) is 1.98. The topological polar surface area (TPSA) is 46.2 Å². The van der Waals surface area contributed by atoms with Crippen LogP contribution in [0.1, 0.15) is 20.8 Å². The van der Waals surface area contributed by atoms with Gasteiger partial charge in [-0.3, -0.25) is 9.59 Å². The fraction of sp³-hybridized carbons (Fsp3) is 0.750. The van der Waals surface area contributed by atoms with Gasteiger partial charge in [-0.1, -0.05) is 13.8 Å². The fourth-order valence-electron chi connectivity index (χ4n) is 0.950. The summed E-state index contributed by atoms with van der Waals surface area (Å²) in [5, 5.41) is 2.55.